The first-order chi connectivity index (χ1) is 15.2. The van der Waals surface area contributed by atoms with E-state index in [1.807, 2.05) is 29.2 Å². The number of likely N-dealkylation sites (tertiary alicyclic amines) is 2. The number of hydrogen-bond donors (Lipinski definition) is 1. The van der Waals surface area contributed by atoms with Gasteiger partial charge in [0.1, 0.15) is 0 Å². The van der Waals surface area contributed by atoms with Crippen molar-refractivity contribution >= 4 is 33.4 Å². The molecule has 0 radical (unpaired) electrons. The predicted molar refractivity (Wildman–Crippen MR) is 123 cm³/mol. The van der Waals surface area contributed by atoms with Gasteiger partial charge in [-0.25, -0.2) is 13.2 Å². The summed E-state index contributed by atoms with van der Waals surface area (Å²) in [5.74, 6) is 0.102. The Morgan fingerprint density at radius 3 is 2.34 bits per heavy atom. The summed E-state index contributed by atoms with van der Waals surface area (Å²) in [6, 6.07) is 12.7. The van der Waals surface area contributed by atoms with Crippen LogP contribution < -0.4 is 5.32 Å². The molecule has 2 aliphatic rings. The van der Waals surface area contributed by atoms with Gasteiger partial charge in [0, 0.05) is 56.0 Å². The molecule has 0 spiro atoms. The number of amides is 3. The van der Waals surface area contributed by atoms with Crippen LogP contribution in [0.4, 0.5) is 4.79 Å². The van der Waals surface area contributed by atoms with Crippen LogP contribution in [0.15, 0.2) is 47.4 Å². The number of nitrogens with one attached hydrogen (secondary N) is 1. The molecule has 0 saturated carbocycles. The zero-order valence-electron chi connectivity index (χ0n) is 18.0. The van der Waals surface area contributed by atoms with E-state index in [9.17, 15) is 18.0 Å². The third kappa shape index (κ3) is 4.47. The molecule has 3 amide bonds. The van der Waals surface area contributed by atoms with E-state index in [0.29, 0.717) is 43.2 Å². The molecule has 0 unspecified atom stereocenters. The van der Waals surface area contributed by atoms with Gasteiger partial charge in [0.2, 0.25) is 5.91 Å². The molecule has 1 atom stereocenters. The number of halogens is 1. The Bertz CT molecular complexity index is 1140. The molecule has 2 saturated heterocycles. The van der Waals surface area contributed by atoms with Crippen LogP contribution in [0.25, 0.3) is 11.1 Å². The maximum Gasteiger partial charge on any atom is 0.320 e. The second-order valence-corrected chi connectivity index (χ2v) is 10.9. The Kier molecular flexibility index (Phi) is 6.18. The van der Waals surface area contributed by atoms with Gasteiger partial charge in [-0.1, -0.05) is 41.9 Å². The molecule has 1 N–H and O–H groups in total. The van der Waals surface area contributed by atoms with Gasteiger partial charge < -0.3 is 15.1 Å². The summed E-state index contributed by atoms with van der Waals surface area (Å²) < 4.78 is 24.3. The molecule has 32 heavy (non-hydrogen) atoms. The van der Waals surface area contributed by atoms with E-state index >= 15 is 0 Å². The fourth-order valence-electron chi connectivity index (χ4n) is 4.37. The van der Waals surface area contributed by atoms with Crippen LogP contribution in [0.3, 0.4) is 0 Å². The molecule has 7 nitrogen and oxygen atoms in total. The molecule has 0 aliphatic carbocycles. The first-order valence-corrected chi connectivity index (χ1v) is 12.8. The molecule has 0 aromatic heterocycles. The fourth-order valence-corrected chi connectivity index (χ4v) is 5.54. The van der Waals surface area contributed by atoms with Gasteiger partial charge in [-0.15, -0.1) is 0 Å². The molecule has 2 fully saturated rings. The zero-order chi connectivity index (χ0) is 23.0. The number of carbonyl (C=O) groups is 2. The number of nitrogens with zero attached hydrogens (tertiary/aromatic N) is 2. The quantitative estimate of drug-likeness (QED) is 0.736. The van der Waals surface area contributed by atoms with E-state index in [2.05, 4.69) is 5.32 Å². The Hall–Kier alpha value is -2.58. The summed E-state index contributed by atoms with van der Waals surface area (Å²) >= 11 is 6.00. The van der Waals surface area contributed by atoms with Crippen LogP contribution in [0.2, 0.25) is 5.02 Å². The largest absolute Gasteiger partial charge is 0.359 e. The highest BCUT2D eigenvalue weighted by atomic mass is 35.5. The summed E-state index contributed by atoms with van der Waals surface area (Å²) in [6.45, 7) is 2.35. The van der Waals surface area contributed by atoms with Crippen LogP contribution in [-0.4, -0.2) is 69.6 Å². The van der Waals surface area contributed by atoms with E-state index in [1.165, 1.54) is 12.3 Å². The van der Waals surface area contributed by atoms with Crippen molar-refractivity contribution in [2.24, 2.45) is 5.92 Å². The molecule has 2 aromatic carbocycles. The molecule has 2 aliphatic heterocycles. The highest BCUT2D eigenvalue weighted by Crippen LogP contribution is 2.33. The lowest BCUT2D eigenvalue weighted by Gasteiger charge is -2.41. The van der Waals surface area contributed by atoms with E-state index in [4.69, 9.17) is 11.6 Å². The van der Waals surface area contributed by atoms with Crippen molar-refractivity contribution in [2.45, 2.75) is 17.2 Å². The lowest BCUT2D eigenvalue weighted by Crippen LogP contribution is -2.53. The highest BCUT2D eigenvalue weighted by Gasteiger charge is 2.38. The number of rotatable bonds is 4. The summed E-state index contributed by atoms with van der Waals surface area (Å²) in [5.41, 5.74) is 2.53. The predicted octanol–water partition coefficient (Wildman–Crippen LogP) is 3.00. The van der Waals surface area contributed by atoms with E-state index in [0.717, 1.165) is 11.1 Å². The maximum atomic E-state index is 12.7. The van der Waals surface area contributed by atoms with Crippen LogP contribution in [-0.2, 0) is 14.6 Å². The molecule has 2 heterocycles. The fraction of sp³-hybridized carbons (Fsp3) is 0.391. The topological polar surface area (TPSA) is 86.8 Å². The number of carbonyl (C=O) groups excluding carboxylic acids is 2. The Morgan fingerprint density at radius 2 is 1.72 bits per heavy atom. The minimum atomic E-state index is -3.42. The summed E-state index contributed by atoms with van der Waals surface area (Å²) in [6.07, 6.45) is 1.87. The molecule has 9 heteroatoms. The average molecular weight is 476 g/mol. The van der Waals surface area contributed by atoms with Gasteiger partial charge >= 0.3 is 6.03 Å². The average Bonchev–Trinajstić information content (AvgIpc) is 3.22. The van der Waals surface area contributed by atoms with Crippen LogP contribution in [0, 0.1) is 5.92 Å². The molecule has 0 bridgehead atoms. The van der Waals surface area contributed by atoms with Crippen molar-refractivity contribution < 1.29 is 18.0 Å². The third-order valence-electron chi connectivity index (χ3n) is 6.26. The second kappa shape index (κ2) is 8.75. The lowest BCUT2D eigenvalue weighted by atomic mass is 9.90. The van der Waals surface area contributed by atoms with Crippen molar-refractivity contribution in [2.75, 3.05) is 39.5 Å². The van der Waals surface area contributed by atoms with Crippen molar-refractivity contribution in [3.63, 3.8) is 0 Å². The Balaban J connectivity index is 1.40. The van der Waals surface area contributed by atoms with Gasteiger partial charge in [0.15, 0.2) is 9.84 Å². The standard InChI is InChI=1S/C23H26ClN3O4S/c1-25-22(28)17-9-10-26(12-17)23(29)27-13-18(14-27)15-3-5-16(6-4-15)20-8-7-19(24)11-21(20)32(2,30)31/h3-8,11,17-18H,9-10,12-14H2,1-2H3,(H,25,28)/t17-/m1/s1. The third-order valence-corrected chi connectivity index (χ3v) is 7.64. The summed E-state index contributed by atoms with van der Waals surface area (Å²) in [5, 5.41) is 3.03. The second-order valence-electron chi connectivity index (χ2n) is 8.47. The van der Waals surface area contributed by atoms with Gasteiger partial charge in [0.25, 0.3) is 0 Å². The van der Waals surface area contributed by atoms with Crippen molar-refractivity contribution in [3.05, 3.63) is 53.1 Å². The number of benzene rings is 2. The maximum absolute atomic E-state index is 12.7. The SMILES string of the molecule is CNC(=O)[C@@H]1CCN(C(=O)N2CC(c3ccc(-c4ccc(Cl)cc4S(C)(=O)=O)cc3)C2)C1. The first kappa shape index (κ1) is 22.6. The van der Waals surface area contributed by atoms with Gasteiger partial charge in [-0.2, -0.15) is 0 Å². The molecular weight excluding hydrogens is 450 g/mol. The van der Waals surface area contributed by atoms with E-state index < -0.39 is 9.84 Å². The smallest absolute Gasteiger partial charge is 0.320 e. The monoisotopic (exact) mass is 475 g/mol. The molecule has 4 rings (SSSR count). The van der Waals surface area contributed by atoms with Gasteiger partial charge in [-0.3, -0.25) is 4.79 Å². The Morgan fingerprint density at radius 1 is 1.03 bits per heavy atom. The van der Waals surface area contributed by atoms with Gasteiger partial charge in [0.05, 0.1) is 10.8 Å². The number of sulfone groups is 1. The van der Waals surface area contributed by atoms with Crippen molar-refractivity contribution in [1.29, 1.82) is 0 Å². The van der Waals surface area contributed by atoms with Crippen LogP contribution in [0.1, 0.15) is 17.9 Å². The van der Waals surface area contributed by atoms with E-state index in [1.54, 1.807) is 24.1 Å². The number of hydrogen-bond acceptors (Lipinski definition) is 4. The van der Waals surface area contributed by atoms with Gasteiger partial charge in [-0.05, 0) is 29.7 Å². The normalized spacial score (nSPS) is 19.0. The Labute approximate surface area is 193 Å². The number of urea groups is 1. The summed E-state index contributed by atoms with van der Waals surface area (Å²) in [7, 11) is -1.80. The molecule has 2 aromatic rings. The zero-order valence-corrected chi connectivity index (χ0v) is 19.6. The summed E-state index contributed by atoms with van der Waals surface area (Å²) in [4.78, 5) is 28.3. The minimum Gasteiger partial charge on any atom is -0.359 e. The van der Waals surface area contributed by atoms with E-state index in [-0.39, 0.29) is 28.7 Å². The van der Waals surface area contributed by atoms with Crippen LogP contribution in [0.5, 0.6) is 0 Å². The highest BCUT2D eigenvalue weighted by molar-refractivity contribution is 7.90. The molecular formula is C23H26ClN3O4S. The lowest BCUT2D eigenvalue weighted by molar-refractivity contribution is -0.124. The van der Waals surface area contributed by atoms with Crippen molar-refractivity contribution in [3.8, 4) is 11.1 Å². The minimum absolute atomic E-state index is 0.0109. The van der Waals surface area contributed by atoms with Crippen LogP contribution >= 0.6 is 11.6 Å². The molecule has 170 valence electrons. The first-order valence-electron chi connectivity index (χ1n) is 10.5. The van der Waals surface area contributed by atoms with Crippen molar-refractivity contribution in [1.82, 2.24) is 15.1 Å².